The molecule has 12 heteroatoms. The van der Waals surface area contributed by atoms with Gasteiger partial charge in [0.25, 0.3) is 14.2 Å². The van der Waals surface area contributed by atoms with E-state index in [0.29, 0.717) is 28.8 Å². The highest BCUT2D eigenvalue weighted by Crippen LogP contribution is 2.45. The summed E-state index contributed by atoms with van der Waals surface area (Å²) in [6.07, 6.45) is 4.08. The molecule has 6 rings (SSSR count). The molecule has 258 valence electrons. The molecule has 2 aromatic carbocycles. The number of hydrogen-bond acceptors (Lipinski definition) is 9. The maximum Gasteiger partial charge on any atom is 0.306 e. The van der Waals surface area contributed by atoms with Gasteiger partial charge in [-0.3, -0.25) is 9.59 Å². The lowest BCUT2D eigenvalue weighted by Crippen LogP contribution is -2.67. The van der Waals surface area contributed by atoms with Crippen LogP contribution in [0.4, 0.5) is 5.82 Å². The highest BCUT2D eigenvalue weighted by molar-refractivity contribution is 6.99. The Kier molecular flexibility index (Phi) is 9.51. The van der Waals surface area contributed by atoms with Crippen molar-refractivity contribution in [3.8, 4) is 0 Å². The standard InChI is InChI=1S/C37H45N5O6Si/c1-6-7-10-19-30(44)48-32-28(22-46-49(36(2,3)4,24-15-11-8-12-16-24)25-17-13-9-14-18-25)47-35(37(32,5)45)42-21-26-27(38)20-29(43)41-33-31(26)34(42)40-23-39-33/h8-9,11-18,20-21,23,28,32,35,45H,6-7,10,19,22,38H2,1-5H3,(H,39,40,41,43). The molecule has 0 aliphatic carbocycles. The van der Waals surface area contributed by atoms with Crippen LogP contribution in [0.3, 0.4) is 0 Å². The number of amides is 1. The molecular weight excluding hydrogens is 639 g/mol. The number of carbonyl (C=O) groups is 2. The number of nitrogens with two attached hydrogens (primary N) is 1. The van der Waals surface area contributed by atoms with Crippen LogP contribution < -0.4 is 21.4 Å². The summed E-state index contributed by atoms with van der Waals surface area (Å²) in [7, 11) is -3.02. The van der Waals surface area contributed by atoms with Crippen molar-refractivity contribution < 1.29 is 28.6 Å². The summed E-state index contributed by atoms with van der Waals surface area (Å²) in [6, 6.07) is 20.5. The molecule has 2 aliphatic heterocycles. The Morgan fingerprint density at radius 3 is 2.35 bits per heavy atom. The normalized spacial score (nSPS) is 22.4. The number of aromatic nitrogens is 3. The number of anilines is 1. The van der Waals surface area contributed by atoms with Crippen LogP contribution in [-0.2, 0) is 23.5 Å². The van der Waals surface area contributed by atoms with Crippen LogP contribution in [0.2, 0.25) is 5.04 Å². The Morgan fingerprint density at radius 1 is 1.08 bits per heavy atom. The number of ether oxygens (including phenoxy) is 2. The summed E-state index contributed by atoms with van der Waals surface area (Å²) >= 11 is 0. The van der Waals surface area contributed by atoms with E-state index in [-0.39, 0.29) is 23.8 Å². The fourth-order valence-corrected chi connectivity index (χ4v) is 11.8. The highest BCUT2D eigenvalue weighted by Gasteiger charge is 2.58. The van der Waals surface area contributed by atoms with E-state index < -0.39 is 44.2 Å². The molecule has 4 atom stereocenters. The number of benzene rings is 2. The molecule has 11 nitrogen and oxygen atoms in total. The largest absolute Gasteiger partial charge is 0.456 e. The predicted molar refractivity (Wildman–Crippen MR) is 190 cm³/mol. The van der Waals surface area contributed by atoms with Crippen molar-refractivity contribution in [3.05, 3.63) is 84.8 Å². The molecule has 49 heavy (non-hydrogen) atoms. The summed E-state index contributed by atoms with van der Waals surface area (Å²) in [4.78, 5) is 34.4. The van der Waals surface area contributed by atoms with Crippen molar-refractivity contribution >= 4 is 53.1 Å². The maximum atomic E-state index is 13.3. The number of hydrogen-bond donors (Lipinski definition) is 3. The molecule has 1 amide bonds. The topological polar surface area (TPSA) is 151 Å². The zero-order chi connectivity index (χ0) is 35.0. The molecule has 4 N–H and O–H groups in total. The van der Waals surface area contributed by atoms with Gasteiger partial charge >= 0.3 is 5.97 Å². The van der Waals surface area contributed by atoms with E-state index in [0.717, 1.165) is 23.2 Å². The van der Waals surface area contributed by atoms with Gasteiger partial charge in [-0.15, -0.1) is 0 Å². The first-order valence-electron chi connectivity index (χ1n) is 16.8. The van der Waals surface area contributed by atoms with Crippen LogP contribution in [0.1, 0.15) is 72.1 Å². The molecule has 4 heterocycles. The fraction of sp³-hybridized carbons (Fsp3) is 0.405. The molecule has 2 aromatic heterocycles. The van der Waals surface area contributed by atoms with Gasteiger partial charge in [0, 0.05) is 30.0 Å². The first kappa shape index (κ1) is 34.5. The van der Waals surface area contributed by atoms with Crippen molar-refractivity contribution in [2.45, 2.75) is 89.4 Å². The lowest BCUT2D eigenvalue weighted by atomic mass is 9.96. The first-order valence-corrected chi connectivity index (χ1v) is 18.8. The SMILES string of the molecule is CCCCCC(=O)OC1C(CO[Si](c2ccccc2)(c2ccccc2)C(C)(C)C)OC(n2cc3c4c(ncnc42)NC(=O)C=C3N)C1(C)O. The fourth-order valence-electron chi connectivity index (χ4n) is 7.20. The quantitative estimate of drug-likeness (QED) is 0.119. The third-order valence-corrected chi connectivity index (χ3v) is 14.5. The Hall–Kier alpha value is -4.36. The van der Waals surface area contributed by atoms with Crippen molar-refractivity contribution in [1.82, 2.24) is 14.5 Å². The van der Waals surface area contributed by atoms with Gasteiger partial charge in [0.05, 0.1) is 12.0 Å². The molecule has 0 radical (unpaired) electrons. The number of nitrogens with one attached hydrogen (secondary N) is 1. The van der Waals surface area contributed by atoms with Gasteiger partial charge in [0.2, 0.25) is 0 Å². The van der Waals surface area contributed by atoms with Crippen LogP contribution in [0, 0.1) is 0 Å². The smallest absolute Gasteiger partial charge is 0.306 e. The average molecular weight is 684 g/mol. The highest BCUT2D eigenvalue weighted by atomic mass is 28.4. The number of unbranched alkanes of at least 4 members (excludes halogenated alkanes) is 2. The van der Waals surface area contributed by atoms with E-state index in [1.54, 1.807) is 17.7 Å². The minimum Gasteiger partial charge on any atom is -0.456 e. The monoisotopic (exact) mass is 683 g/mol. The van der Waals surface area contributed by atoms with E-state index in [2.05, 4.69) is 67.2 Å². The Bertz CT molecular complexity index is 1810. The Balaban J connectivity index is 1.42. The molecule has 2 aliphatic rings. The van der Waals surface area contributed by atoms with Crippen molar-refractivity contribution in [2.75, 3.05) is 11.9 Å². The lowest BCUT2D eigenvalue weighted by molar-refractivity contribution is -0.164. The Labute approximate surface area is 287 Å². The second-order valence-electron chi connectivity index (χ2n) is 14.1. The molecule has 4 unspecified atom stereocenters. The third kappa shape index (κ3) is 6.29. The minimum absolute atomic E-state index is 0.0389. The lowest BCUT2D eigenvalue weighted by Gasteiger charge is -2.43. The van der Waals surface area contributed by atoms with Gasteiger partial charge in [0.15, 0.2) is 12.3 Å². The number of carbonyl (C=O) groups excluding carboxylic acids is 2. The first-order chi connectivity index (χ1) is 23.4. The molecule has 1 fully saturated rings. The summed E-state index contributed by atoms with van der Waals surface area (Å²) < 4.78 is 21.7. The zero-order valence-electron chi connectivity index (χ0n) is 28.7. The zero-order valence-corrected chi connectivity index (χ0v) is 29.7. The van der Waals surface area contributed by atoms with Gasteiger partial charge < -0.3 is 34.6 Å². The van der Waals surface area contributed by atoms with Crippen molar-refractivity contribution in [3.63, 3.8) is 0 Å². The van der Waals surface area contributed by atoms with E-state index in [1.165, 1.54) is 12.4 Å². The second-order valence-corrected chi connectivity index (χ2v) is 18.4. The second kappa shape index (κ2) is 13.5. The van der Waals surface area contributed by atoms with Crippen molar-refractivity contribution in [2.24, 2.45) is 5.73 Å². The van der Waals surface area contributed by atoms with Gasteiger partial charge in [-0.1, -0.05) is 101 Å². The van der Waals surface area contributed by atoms with Crippen LogP contribution in [-0.4, -0.2) is 64.3 Å². The average Bonchev–Trinajstić information content (AvgIpc) is 3.52. The third-order valence-electron chi connectivity index (χ3n) is 9.54. The molecular formula is C37H45N5O6Si. The van der Waals surface area contributed by atoms with Gasteiger partial charge in [-0.05, 0) is 28.8 Å². The number of aliphatic hydroxyl groups is 1. The van der Waals surface area contributed by atoms with E-state index in [1.807, 2.05) is 36.4 Å². The maximum absolute atomic E-state index is 13.3. The van der Waals surface area contributed by atoms with Crippen LogP contribution in [0.15, 0.2) is 79.3 Å². The molecule has 0 bridgehead atoms. The number of rotatable bonds is 11. The van der Waals surface area contributed by atoms with Gasteiger partial charge in [-0.2, -0.15) is 0 Å². The molecule has 1 saturated heterocycles. The summed E-state index contributed by atoms with van der Waals surface area (Å²) in [5.41, 5.74) is 5.75. The predicted octanol–water partition coefficient (Wildman–Crippen LogP) is 4.40. The summed E-state index contributed by atoms with van der Waals surface area (Å²) in [5, 5.41) is 17.5. The van der Waals surface area contributed by atoms with Gasteiger partial charge in [-0.25, -0.2) is 9.97 Å². The Morgan fingerprint density at radius 2 is 1.73 bits per heavy atom. The number of esters is 1. The van der Waals surface area contributed by atoms with Crippen molar-refractivity contribution in [1.29, 1.82) is 0 Å². The minimum atomic E-state index is -3.02. The summed E-state index contributed by atoms with van der Waals surface area (Å²) in [5.74, 6) is -0.520. The van der Waals surface area contributed by atoms with Crippen LogP contribution >= 0.6 is 0 Å². The van der Waals surface area contributed by atoms with E-state index in [4.69, 9.17) is 19.6 Å². The molecule has 0 saturated carbocycles. The van der Waals surface area contributed by atoms with E-state index >= 15 is 0 Å². The van der Waals surface area contributed by atoms with Crippen LogP contribution in [0.25, 0.3) is 16.7 Å². The van der Waals surface area contributed by atoms with E-state index in [9.17, 15) is 14.7 Å². The van der Waals surface area contributed by atoms with Gasteiger partial charge in [0.1, 0.15) is 29.5 Å². The van der Waals surface area contributed by atoms with Crippen LogP contribution in [0.5, 0.6) is 0 Å². The molecule has 0 spiro atoms. The summed E-state index contributed by atoms with van der Waals surface area (Å²) in [6.45, 7) is 10.3. The molecule has 4 aromatic rings. The number of nitrogens with zero attached hydrogens (tertiary/aromatic N) is 3.